The van der Waals surface area contributed by atoms with Gasteiger partial charge in [-0.25, -0.2) is 4.98 Å². The maximum atomic E-state index is 4.31. The number of hydrogen-bond donors (Lipinski definition) is 1. The van der Waals surface area contributed by atoms with Crippen LogP contribution in [0.4, 0.5) is 0 Å². The Hall–Kier alpha value is -1.16. The highest BCUT2D eigenvalue weighted by Gasteiger charge is 2.07. The van der Waals surface area contributed by atoms with Crippen molar-refractivity contribution in [3.63, 3.8) is 0 Å². The normalized spacial score (nSPS) is 10.7. The predicted molar refractivity (Wildman–Crippen MR) is 63.7 cm³/mol. The van der Waals surface area contributed by atoms with Gasteiger partial charge in [-0.1, -0.05) is 15.9 Å². The van der Waals surface area contributed by atoms with Crippen LogP contribution in [0, 0.1) is 20.8 Å². The first-order valence-corrected chi connectivity index (χ1v) is 5.53. The third-order valence-electron chi connectivity index (χ3n) is 2.31. The van der Waals surface area contributed by atoms with E-state index in [0.717, 1.165) is 21.7 Å². The molecule has 0 saturated heterocycles. The SMILES string of the molecule is Cc1n[nH]c(-c2cc(C)c(Br)c(C)c2)n1. The van der Waals surface area contributed by atoms with Crippen molar-refractivity contribution in [2.24, 2.45) is 0 Å². The first kappa shape index (κ1) is 10.4. The first-order valence-electron chi connectivity index (χ1n) is 4.74. The molecule has 1 aromatic heterocycles. The van der Waals surface area contributed by atoms with Crippen LogP contribution in [0.25, 0.3) is 11.4 Å². The molecule has 0 atom stereocenters. The van der Waals surface area contributed by atoms with Crippen molar-refractivity contribution in [1.82, 2.24) is 15.2 Å². The van der Waals surface area contributed by atoms with E-state index >= 15 is 0 Å². The number of aromatic nitrogens is 3. The molecule has 0 saturated carbocycles. The Labute approximate surface area is 97.1 Å². The average Bonchev–Trinajstić information content (AvgIpc) is 2.60. The van der Waals surface area contributed by atoms with Crippen LogP contribution >= 0.6 is 15.9 Å². The highest BCUT2D eigenvalue weighted by Crippen LogP contribution is 2.26. The standard InChI is InChI=1S/C11H12BrN3/c1-6-4-9(5-7(2)10(6)12)11-13-8(3)14-15-11/h4-5H,1-3H3,(H,13,14,15). The summed E-state index contributed by atoms with van der Waals surface area (Å²) in [7, 11) is 0. The monoisotopic (exact) mass is 265 g/mol. The van der Waals surface area contributed by atoms with Gasteiger partial charge < -0.3 is 0 Å². The number of aromatic amines is 1. The minimum Gasteiger partial charge on any atom is -0.259 e. The van der Waals surface area contributed by atoms with Crippen LogP contribution in [0.15, 0.2) is 16.6 Å². The lowest BCUT2D eigenvalue weighted by Gasteiger charge is -2.05. The average molecular weight is 266 g/mol. The molecule has 0 amide bonds. The number of nitrogens with one attached hydrogen (secondary N) is 1. The summed E-state index contributed by atoms with van der Waals surface area (Å²) in [6.07, 6.45) is 0. The van der Waals surface area contributed by atoms with Gasteiger partial charge in [0.15, 0.2) is 5.82 Å². The Bertz CT molecular complexity index is 479. The van der Waals surface area contributed by atoms with Crippen molar-refractivity contribution >= 4 is 15.9 Å². The van der Waals surface area contributed by atoms with Crippen molar-refractivity contribution in [2.75, 3.05) is 0 Å². The third kappa shape index (κ3) is 1.95. The molecular weight excluding hydrogens is 254 g/mol. The molecule has 0 aliphatic heterocycles. The maximum Gasteiger partial charge on any atom is 0.155 e. The second-order valence-corrected chi connectivity index (χ2v) is 4.45. The molecule has 0 radical (unpaired) electrons. The van der Waals surface area contributed by atoms with E-state index in [4.69, 9.17) is 0 Å². The summed E-state index contributed by atoms with van der Waals surface area (Å²) < 4.78 is 1.16. The van der Waals surface area contributed by atoms with Gasteiger partial charge in [-0.3, -0.25) is 5.10 Å². The Morgan fingerprint density at radius 1 is 1.13 bits per heavy atom. The van der Waals surface area contributed by atoms with Gasteiger partial charge in [-0.15, -0.1) is 0 Å². The lowest BCUT2D eigenvalue weighted by molar-refractivity contribution is 1.04. The smallest absolute Gasteiger partial charge is 0.155 e. The number of aryl methyl sites for hydroxylation is 3. The summed E-state index contributed by atoms with van der Waals surface area (Å²) in [6.45, 7) is 6.02. The van der Waals surface area contributed by atoms with Crippen LogP contribution in [0.5, 0.6) is 0 Å². The van der Waals surface area contributed by atoms with Gasteiger partial charge in [-0.2, -0.15) is 5.10 Å². The molecule has 0 fully saturated rings. The first-order chi connectivity index (χ1) is 7.08. The topological polar surface area (TPSA) is 41.6 Å². The van der Waals surface area contributed by atoms with Gasteiger partial charge in [0.05, 0.1) is 0 Å². The minimum atomic E-state index is 0.767. The summed E-state index contributed by atoms with van der Waals surface area (Å²) in [5, 5.41) is 6.95. The highest BCUT2D eigenvalue weighted by molar-refractivity contribution is 9.10. The van der Waals surface area contributed by atoms with Crippen LogP contribution < -0.4 is 0 Å². The molecule has 0 bridgehead atoms. The van der Waals surface area contributed by atoms with E-state index in [1.165, 1.54) is 11.1 Å². The van der Waals surface area contributed by atoms with E-state index in [2.05, 4.69) is 57.1 Å². The van der Waals surface area contributed by atoms with E-state index in [1.54, 1.807) is 0 Å². The summed E-state index contributed by atoms with van der Waals surface area (Å²) >= 11 is 3.54. The number of H-pyrrole nitrogens is 1. The summed E-state index contributed by atoms with van der Waals surface area (Å²) in [6, 6.07) is 4.19. The van der Waals surface area contributed by atoms with Crippen LogP contribution in [0.2, 0.25) is 0 Å². The molecule has 1 heterocycles. The second kappa shape index (κ2) is 3.77. The van der Waals surface area contributed by atoms with Crippen molar-refractivity contribution in [3.05, 3.63) is 33.6 Å². The van der Waals surface area contributed by atoms with E-state index in [-0.39, 0.29) is 0 Å². The predicted octanol–water partition coefficient (Wildman–Crippen LogP) is 3.16. The number of halogens is 1. The highest BCUT2D eigenvalue weighted by atomic mass is 79.9. The summed E-state index contributed by atoms with van der Waals surface area (Å²) in [5.41, 5.74) is 3.49. The van der Waals surface area contributed by atoms with Gasteiger partial charge in [0, 0.05) is 10.0 Å². The minimum absolute atomic E-state index is 0.767. The number of hydrogen-bond acceptors (Lipinski definition) is 2. The third-order valence-corrected chi connectivity index (χ3v) is 3.56. The molecule has 1 N–H and O–H groups in total. The summed E-state index contributed by atoms with van der Waals surface area (Å²) in [5.74, 6) is 1.59. The molecule has 0 aliphatic rings. The fraction of sp³-hybridized carbons (Fsp3) is 0.273. The van der Waals surface area contributed by atoms with E-state index in [9.17, 15) is 0 Å². The molecule has 2 rings (SSSR count). The zero-order valence-electron chi connectivity index (χ0n) is 8.93. The van der Waals surface area contributed by atoms with E-state index in [0.29, 0.717) is 0 Å². The van der Waals surface area contributed by atoms with Crippen LogP contribution in [-0.2, 0) is 0 Å². The Morgan fingerprint density at radius 2 is 1.73 bits per heavy atom. The Kier molecular flexibility index (Phi) is 2.61. The summed E-state index contributed by atoms with van der Waals surface area (Å²) in [4.78, 5) is 4.31. The van der Waals surface area contributed by atoms with Crippen molar-refractivity contribution in [1.29, 1.82) is 0 Å². The molecule has 4 heteroatoms. The van der Waals surface area contributed by atoms with Gasteiger partial charge in [0.2, 0.25) is 0 Å². The Morgan fingerprint density at radius 3 is 2.20 bits per heavy atom. The molecule has 3 nitrogen and oxygen atoms in total. The molecule has 2 aromatic rings. The van der Waals surface area contributed by atoms with Crippen molar-refractivity contribution < 1.29 is 0 Å². The molecule has 1 aromatic carbocycles. The Balaban J connectivity index is 2.55. The maximum absolute atomic E-state index is 4.31. The fourth-order valence-corrected chi connectivity index (χ4v) is 1.79. The zero-order chi connectivity index (χ0) is 11.0. The number of benzene rings is 1. The number of rotatable bonds is 1. The van der Waals surface area contributed by atoms with E-state index in [1.807, 2.05) is 6.92 Å². The second-order valence-electron chi connectivity index (χ2n) is 3.66. The number of nitrogens with zero attached hydrogens (tertiary/aromatic N) is 2. The van der Waals surface area contributed by atoms with Gasteiger partial charge in [0.25, 0.3) is 0 Å². The van der Waals surface area contributed by atoms with Crippen LogP contribution in [0.1, 0.15) is 17.0 Å². The largest absolute Gasteiger partial charge is 0.259 e. The lowest BCUT2D eigenvalue weighted by atomic mass is 10.1. The molecule has 0 spiro atoms. The quantitative estimate of drug-likeness (QED) is 0.861. The van der Waals surface area contributed by atoms with Gasteiger partial charge in [-0.05, 0) is 44.0 Å². The van der Waals surface area contributed by atoms with Crippen molar-refractivity contribution in [2.45, 2.75) is 20.8 Å². The molecular formula is C11H12BrN3. The lowest BCUT2D eigenvalue weighted by Crippen LogP contribution is -1.87. The molecule has 78 valence electrons. The fourth-order valence-electron chi connectivity index (χ4n) is 1.56. The zero-order valence-corrected chi connectivity index (χ0v) is 10.5. The van der Waals surface area contributed by atoms with Gasteiger partial charge in [0.1, 0.15) is 5.82 Å². The van der Waals surface area contributed by atoms with Crippen molar-refractivity contribution in [3.8, 4) is 11.4 Å². The van der Waals surface area contributed by atoms with E-state index < -0.39 is 0 Å². The molecule has 0 aliphatic carbocycles. The van der Waals surface area contributed by atoms with Crippen LogP contribution in [0.3, 0.4) is 0 Å². The van der Waals surface area contributed by atoms with Crippen LogP contribution in [-0.4, -0.2) is 15.2 Å². The van der Waals surface area contributed by atoms with Gasteiger partial charge >= 0.3 is 0 Å². The molecule has 0 unspecified atom stereocenters. The molecule has 15 heavy (non-hydrogen) atoms.